The highest BCUT2D eigenvalue weighted by Crippen LogP contribution is 2.36. The molecule has 13 heteroatoms. The fourth-order valence-corrected chi connectivity index (χ4v) is 5.04. The zero-order valence-electron chi connectivity index (χ0n) is 18.0. The highest BCUT2D eigenvalue weighted by Gasteiger charge is 2.32. The van der Waals surface area contributed by atoms with E-state index in [4.69, 9.17) is 9.47 Å². The van der Waals surface area contributed by atoms with Gasteiger partial charge in [0.1, 0.15) is 10.6 Å². The molecular weight excluding hydrogens is 442 g/mol. The number of sulfonamides is 1. The molecule has 3 rings (SSSR count). The Morgan fingerprint density at radius 1 is 1.31 bits per heavy atom. The topological polar surface area (TPSA) is 146 Å². The lowest BCUT2D eigenvalue weighted by atomic mass is 10.2. The van der Waals surface area contributed by atoms with Crippen molar-refractivity contribution in [1.82, 2.24) is 19.4 Å². The molecule has 174 valence electrons. The molecule has 1 amide bonds. The van der Waals surface area contributed by atoms with Gasteiger partial charge >= 0.3 is 0 Å². The van der Waals surface area contributed by atoms with Gasteiger partial charge in [0.2, 0.25) is 15.9 Å². The molecule has 0 radical (unpaired) electrons. The third-order valence-electron chi connectivity index (χ3n) is 5.05. The second-order valence-corrected chi connectivity index (χ2v) is 9.16. The van der Waals surface area contributed by atoms with Crippen molar-refractivity contribution < 1.29 is 27.6 Å². The summed E-state index contributed by atoms with van der Waals surface area (Å²) in [6.07, 6.45) is 1.43. The number of carbonyl (C=O) groups excluding carboxylic acids is 1. The molecule has 0 bridgehead atoms. The number of nitro benzene ring substituents is 1. The van der Waals surface area contributed by atoms with E-state index in [-0.39, 0.29) is 27.9 Å². The molecule has 1 N–H and O–H groups in total. The summed E-state index contributed by atoms with van der Waals surface area (Å²) >= 11 is 0. The van der Waals surface area contributed by atoms with Gasteiger partial charge in [-0.3, -0.25) is 14.9 Å². The number of rotatable bonds is 9. The molecule has 2 aromatic rings. The zero-order valence-corrected chi connectivity index (χ0v) is 18.8. The summed E-state index contributed by atoms with van der Waals surface area (Å²) in [5.74, 6) is -0.368. The summed E-state index contributed by atoms with van der Waals surface area (Å²) < 4.78 is 39.7. The first-order valence-corrected chi connectivity index (χ1v) is 11.4. The number of amides is 1. The highest BCUT2D eigenvalue weighted by atomic mass is 32.2. The number of carbonyl (C=O) groups is 1. The van der Waals surface area contributed by atoms with Crippen LogP contribution in [-0.4, -0.2) is 66.7 Å². The Kier molecular flexibility index (Phi) is 7.11. The second-order valence-electron chi connectivity index (χ2n) is 7.25. The number of aromatic nitrogens is 2. The van der Waals surface area contributed by atoms with Gasteiger partial charge in [0, 0.05) is 51.5 Å². The molecule has 1 aromatic carbocycles. The van der Waals surface area contributed by atoms with Crippen LogP contribution < -0.4 is 10.1 Å². The summed E-state index contributed by atoms with van der Waals surface area (Å²) in [7, 11) is -0.949. The van der Waals surface area contributed by atoms with E-state index in [1.54, 1.807) is 14.0 Å². The number of non-ortho nitro benzene ring substituents is 1. The molecule has 0 spiro atoms. The Morgan fingerprint density at radius 3 is 2.62 bits per heavy atom. The van der Waals surface area contributed by atoms with Gasteiger partial charge in [-0.15, -0.1) is 0 Å². The van der Waals surface area contributed by atoms with Crippen molar-refractivity contribution in [2.45, 2.75) is 24.7 Å². The third-order valence-corrected chi connectivity index (χ3v) is 6.97. The number of nitro groups is 1. The molecular formula is C19H25N5O7S. The molecule has 0 unspecified atom stereocenters. The van der Waals surface area contributed by atoms with Gasteiger partial charge in [-0.05, 0) is 25.8 Å². The average molecular weight is 468 g/mol. The van der Waals surface area contributed by atoms with Gasteiger partial charge in [-0.1, -0.05) is 0 Å². The van der Waals surface area contributed by atoms with Crippen LogP contribution in [0.5, 0.6) is 11.6 Å². The monoisotopic (exact) mass is 467 g/mol. The van der Waals surface area contributed by atoms with Gasteiger partial charge in [-0.25, -0.2) is 13.1 Å². The van der Waals surface area contributed by atoms with E-state index in [0.29, 0.717) is 44.6 Å². The van der Waals surface area contributed by atoms with Crippen molar-refractivity contribution in [1.29, 1.82) is 0 Å². The maximum Gasteiger partial charge on any atom is 0.272 e. The van der Waals surface area contributed by atoms with E-state index in [1.165, 1.54) is 28.2 Å². The van der Waals surface area contributed by atoms with E-state index in [2.05, 4.69) is 10.4 Å². The Bertz CT molecular complexity index is 1120. The molecule has 0 aliphatic carbocycles. The molecule has 12 nitrogen and oxygen atoms in total. The largest absolute Gasteiger partial charge is 0.438 e. The van der Waals surface area contributed by atoms with Crippen LogP contribution in [0.1, 0.15) is 28.9 Å². The second kappa shape index (κ2) is 9.63. The summed E-state index contributed by atoms with van der Waals surface area (Å²) in [6, 6.07) is 3.40. The van der Waals surface area contributed by atoms with E-state index in [0.717, 1.165) is 6.07 Å². The lowest BCUT2D eigenvalue weighted by Crippen LogP contribution is -2.28. The van der Waals surface area contributed by atoms with Crippen LogP contribution in [0.25, 0.3) is 0 Å². The Balaban J connectivity index is 1.99. The van der Waals surface area contributed by atoms with Crippen molar-refractivity contribution in [2.24, 2.45) is 7.05 Å². The minimum atomic E-state index is -4.01. The van der Waals surface area contributed by atoms with Crippen LogP contribution in [0.2, 0.25) is 0 Å². The van der Waals surface area contributed by atoms with Crippen molar-refractivity contribution in [3.05, 3.63) is 39.6 Å². The average Bonchev–Trinajstić information content (AvgIpc) is 3.39. The Hall–Kier alpha value is -3.03. The third kappa shape index (κ3) is 4.74. The first kappa shape index (κ1) is 23.6. The van der Waals surface area contributed by atoms with Crippen LogP contribution in [-0.2, 0) is 21.8 Å². The van der Waals surface area contributed by atoms with E-state index in [9.17, 15) is 23.3 Å². The van der Waals surface area contributed by atoms with Gasteiger partial charge < -0.3 is 14.8 Å². The van der Waals surface area contributed by atoms with Gasteiger partial charge in [-0.2, -0.15) is 9.40 Å². The van der Waals surface area contributed by atoms with Gasteiger partial charge in [0.05, 0.1) is 11.5 Å². The van der Waals surface area contributed by atoms with Crippen LogP contribution in [0, 0.1) is 17.0 Å². The maximum atomic E-state index is 13.2. The fourth-order valence-electron chi connectivity index (χ4n) is 3.39. The van der Waals surface area contributed by atoms with Crippen molar-refractivity contribution >= 4 is 21.6 Å². The molecule has 2 heterocycles. The van der Waals surface area contributed by atoms with Crippen LogP contribution in [0.15, 0.2) is 23.1 Å². The van der Waals surface area contributed by atoms with E-state index < -0.39 is 20.9 Å². The number of hydrogen-bond acceptors (Lipinski definition) is 8. The van der Waals surface area contributed by atoms with E-state index in [1.807, 2.05) is 0 Å². The Labute approximate surface area is 185 Å². The smallest absolute Gasteiger partial charge is 0.272 e. The summed E-state index contributed by atoms with van der Waals surface area (Å²) in [6.45, 7) is 2.92. The number of ether oxygens (including phenoxy) is 2. The quantitative estimate of drug-likeness (QED) is 0.332. The summed E-state index contributed by atoms with van der Waals surface area (Å²) in [4.78, 5) is 22.7. The summed E-state index contributed by atoms with van der Waals surface area (Å²) in [5, 5.41) is 18.1. The predicted octanol–water partition coefficient (Wildman–Crippen LogP) is 1.59. The Morgan fingerprint density at radius 2 is 2.00 bits per heavy atom. The number of nitrogens with one attached hydrogen (secondary N) is 1. The lowest BCUT2D eigenvalue weighted by Gasteiger charge is -2.18. The molecule has 1 aromatic heterocycles. The molecule has 0 atom stereocenters. The first-order chi connectivity index (χ1) is 15.2. The van der Waals surface area contributed by atoms with E-state index >= 15 is 0 Å². The number of aryl methyl sites for hydroxylation is 1. The molecule has 1 aliphatic heterocycles. The van der Waals surface area contributed by atoms with Crippen LogP contribution >= 0.6 is 0 Å². The maximum absolute atomic E-state index is 13.2. The molecule has 1 saturated heterocycles. The van der Waals surface area contributed by atoms with Gasteiger partial charge in [0.25, 0.3) is 11.6 Å². The number of nitrogens with zero attached hydrogens (tertiary/aromatic N) is 4. The molecule has 1 fully saturated rings. The SMILES string of the molecule is COCCNC(=O)c1nn(C)c(Oc2ccc([N+](=O)[O-])cc2S(=O)(=O)N2CCCC2)c1C. The summed E-state index contributed by atoms with van der Waals surface area (Å²) in [5.41, 5.74) is 0.143. The number of hydrogen-bond donors (Lipinski definition) is 1. The molecule has 0 saturated carbocycles. The number of methoxy groups -OCH3 is 1. The fraction of sp³-hybridized carbons (Fsp3) is 0.474. The molecule has 32 heavy (non-hydrogen) atoms. The lowest BCUT2D eigenvalue weighted by molar-refractivity contribution is -0.385. The predicted molar refractivity (Wildman–Crippen MR) is 113 cm³/mol. The van der Waals surface area contributed by atoms with Crippen LogP contribution in [0.4, 0.5) is 5.69 Å². The van der Waals surface area contributed by atoms with Crippen molar-refractivity contribution in [2.75, 3.05) is 33.4 Å². The van der Waals surface area contributed by atoms with Crippen LogP contribution in [0.3, 0.4) is 0 Å². The highest BCUT2D eigenvalue weighted by molar-refractivity contribution is 7.89. The molecule has 1 aliphatic rings. The standard InChI is InChI=1S/C19H25N5O7S/c1-13-17(18(25)20-8-11-30-3)21-22(2)19(13)31-15-7-6-14(24(26)27)12-16(15)32(28,29)23-9-4-5-10-23/h6-7,12H,4-5,8-11H2,1-3H3,(H,20,25). The normalized spacial score (nSPS) is 14.5. The van der Waals surface area contributed by atoms with Crippen molar-refractivity contribution in [3.63, 3.8) is 0 Å². The first-order valence-electron chi connectivity index (χ1n) is 9.94. The minimum absolute atomic E-state index is 0.0834. The zero-order chi connectivity index (χ0) is 23.5. The minimum Gasteiger partial charge on any atom is -0.438 e. The number of benzene rings is 1. The van der Waals surface area contributed by atoms with Gasteiger partial charge in [0.15, 0.2) is 5.69 Å². The van der Waals surface area contributed by atoms with Crippen molar-refractivity contribution in [3.8, 4) is 11.6 Å².